The molecule has 1 aromatic carbocycles. The lowest BCUT2D eigenvalue weighted by molar-refractivity contribution is -0.127. The average Bonchev–Trinajstić information content (AvgIpc) is 3.06. The summed E-state index contributed by atoms with van der Waals surface area (Å²) >= 11 is 0. The van der Waals surface area contributed by atoms with Crippen LogP contribution in [0.2, 0.25) is 0 Å². The third kappa shape index (κ3) is 6.23. The van der Waals surface area contributed by atoms with E-state index in [4.69, 9.17) is 4.74 Å². The molecule has 7 nitrogen and oxygen atoms in total. The van der Waals surface area contributed by atoms with Crippen molar-refractivity contribution < 1.29 is 9.53 Å². The van der Waals surface area contributed by atoms with Crippen LogP contribution in [0.5, 0.6) is 5.75 Å². The van der Waals surface area contributed by atoms with Crippen molar-refractivity contribution in [2.24, 2.45) is 10.9 Å². The lowest BCUT2D eigenvalue weighted by Gasteiger charge is -2.29. The quantitative estimate of drug-likeness (QED) is 0.349. The summed E-state index contributed by atoms with van der Waals surface area (Å²) in [5.41, 5.74) is 1.13. The number of ether oxygens (including phenoxy) is 1. The van der Waals surface area contributed by atoms with Crippen molar-refractivity contribution in [1.29, 1.82) is 0 Å². The Morgan fingerprint density at radius 3 is 2.67 bits per heavy atom. The largest absolute Gasteiger partial charge is 0.493 e. The predicted octanol–water partition coefficient (Wildman–Crippen LogP) is 2.48. The number of fused-ring (bicyclic) bond motifs is 1. The van der Waals surface area contributed by atoms with Crippen LogP contribution in [-0.2, 0) is 4.79 Å². The first-order valence-corrected chi connectivity index (χ1v) is 10.6. The summed E-state index contributed by atoms with van der Waals surface area (Å²) in [6, 6.07) is 9.05. The molecule has 2 heterocycles. The van der Waals surface area contributed by atoms with Crippen LogP contribution in [0.15, 0.2) is 29.3 Å². The van der Waals surface area contributed by atoms with Crippen LogP contribution in [0.3, 0.4) is 0 Å². The SMILES string of the molecule is CC1CN(C(C)C)CC1NC(=NCC(=O)N(C)C)NC1CCOc2ccccc21.I. The van der Waals surface area contributed by atoms with Crippen LogP contribution in [0.25, 0.3) is 0 Å². The zero-order valence-electron chi connectivity index (χ0n) is 18.7. The van der Waals surface area contributed by atoms with E-state index in [0.717, 1.165) is 30.8 Å². The first kappa shape index (κ1) is 24.7. The maximum Gasteiger partial charge on any atom is 0.243 e. The number of carbonyl (C=O) groups excluding carboxylic acids is 1. The Hall–Kier alpha value is -1.55. The van der Waals surface area contributed by atoms with Crippen LogP contribution in [0, 0.1) is 5.92 Å². The normalized spacial score (nSPS) is 23.9. The molecule has 3 rings (SSSR count). The molecule has 1 aromatic rings. The van der Waals surface area contributed by atoms with E-state index in [1.165, 1.54) is 0 Å². The van der Waals surface area contributed by atoms with Gasteiger partial charge in [0, 0.05) is 51.3 Å². The predicted molar refractivity (Wildman–Crippen MR) is 132 cm³/mol. The Kier molecular flexibility index (Phi) is 9.21. The number of nitrogens with one attached hydrogen (secondary N) is 2. The molecular formula is C22H36IN5O2. The smallest absolute Gasteiger partial charge is 0.243 e. The van der Waals surface area contributed by atoms with Gasteiger partial charge in [-0.05, 0) is 25.8 Å². The molecule has 1 fully saturated rings. The van der Waals surface area contributed by atoms with Crippen LogP contribution in [-0.4, -0.2) is 74.1 Å². The number of hydrogen-bond acceptors (Lipinski definition) is 4. The minimum absolute atomic E-state index is 0. The van der Waals surface area contributed by atoms with Crippen LogP contribution >= 0.6 is 24.0 Å². The Morgan fingerprint density at radius 2 is 2.00 bits per heavy atom. The van der Waals surface area contributed by atoms with Gasteiger partial charge in [0.15, 0.2) is 5.96 Å². The highest BCUT2D eigenvalue weighted by atomic mass is 127. The lowest BCUT2D eigenvalue weighted by atomic mass is 10.0. The Labute approximate surface area is 197 Å². The van der Waals surface area contributed by atoms with Crippen molar-refractivity contribution in [2.45, 2.75) is 45.3 Å². The molecule has 2 aliphatic rings. The molecule has 1 amide bonds. The van der Waals surface area contributed by atoms with Gasteiger partial charge in [-0.2, -0.15) is 0 Å². The molecule has 2 aliphatic heterocycles. The summed E-state index contributed by atoms with van der Waals surface area (Å²) in [6.07, 6.45) is 0.859. The molecule has 2 N–H and O–H groups in total. The highest BCUT2D eigenvalue weighted by molar-refractivity contribution is 14.0. The fraction of sp³-hybridized carbons (Fsp3) is 0.636. The van der Waals surface area contributed by atoms with Crippen LogP contribution in [0.4, 0.5) is 0 Å². The monoisotopic (exact) mass is 529 g/mol. The number of benzene rings is 1. The van der Waals surface area contributed by atoms with E-state index < -0.39 is 0 Å². The number of guanidine groups is 1. The van der Waals surface area contributed by atoms with Crippen molar-refractivity contribution in [1.82, 2.24) is 20.4 Å². The minimum atomic E-state index is -0.0123. The molecule has 0 bridgehead atoms. The molecular weight excluding hydrogens is 493 g/mol. The Balaban J connectivity index is 0.00000320. The van der Waals surface area contributed by atoms with Crippen LogP contribution in [0.1, 0.15) is 38.8 Å². The van der Waals surface area contributed by atoms with Gasteiger partial charge in [0.1, 0.15) is 12.3 Å². The molecule has 0 saturated carbocycles. The molecule has 168 valence electrons. The third-order valence-corrected chi connectivity index (χ3v) is 5.83. The molecule has 0 radical (unpaired) electrons. The van der Waals surface area contributed by atoms with Gasteiger partial charge >= 0.3 is 0 Å². The van der Waals surface area contributed by atoms with Gasteiger partial charge in [0.05, 0.1) is 12.6 Å². The van der Waals surface area contributed by atoms with Gasteiger partial charge in [-0.1, -0.05) is 25.1 Å². The Morgan fingerprint density at radius 1 is 1.27 bits per heavy atom. The molecule has 8 heteroatoms. The van der Waals surface area contributed by atoms with Gasteiger partial charge in [-0.15, -0.1) is 24.0 Å². The third-order valence-electron chi connectivity index (χ3n) is 5.83. The number of aliphatic imine (C=N–C) groups is 1. The van der Waals surface area contributed by atoms with E-state index in [1.807, 2.05) is 18.2 Å². The highest BCUT2D eigenvalue weighted by Gasteiger charge is 2.32. The summed E-state index contributed by atoms with van der Waals surface area (Å²) in [7, 11) is 3.51. The standard InChI is InChI=1S/C22H35N5O2.HI/c1-15(2)27-13-16(3)19(14-27)25-22(23-12-21(28)26(4)5)24-18-10-11-29-20-9-7-6-8-17(18)20;/h6-9,15-16,18-19H,10-14H2,1-5H3,(H2,23,24,25);1H. The van der Waals surface area contributed by atoms with Crippen LogP contribution < -0.4 is 15.4 Å². The second kappa shape index (κ2) is 11.2. The van der Waals surface area contributed by atoms with E-state index in [0.29, 0.717) is 30.6 Å². The molecule has 3 atom stereocenters. The topological polar surface area (TPSA) is 69.2 Å². The summed E-state index contributed by atoms with van der Waals surface area (Å²) in [6.45, 7) is 9.58. The zero-order chi connectivity index (χ0) is 21.0. The average molecular weight is 529 g/mol. The van der Waals surface area contributed by atoms with E-state index >= 15 is 0 Å². The molecule has 30 heavy (non-hydrogen) atoms. The van der Waals surface area contributed by atoms with Gasteiger partial charge < -0.3 is 20.3 Å². The number of carbonyl (C=O) groups is 1. The summed E-state index contributed by atoms with van der Waals surface area (Å²) < 4.78 is 5.79. The lowest BCUT2D eigenvalue weighted by Crippen LogP contribution is -2.48. The number of halogens is 1. The Bertz CT molecular complexity index is 740. The molecule has 1 saturated heterocycles. The fourth-order valence-corrected chi connectivity index (χ4v) is 3.87. The van der Waals surface area contributed by atoms with Crippen molar-refractivity contribution in [3.8, 4) is 5.75 Å². The van der Waals surface area contributed by atoms with Crippen molar-refractivity contribution in [3.63, 3.8) is 0 Å². The van der Waals surface area contributed by atoms with Gasteiger partial charge in [0.2, 0.25) is 5.91 Å². The number of nitrogens with zero attached hydrogens (tertiary/aromatic N) is 3. The van der Waals surface area contributed by atoms with Crippen molar-refractivity contribution >= 4 is 35.8 Å². The minimum Gasteiger partial charge on any atom is -0.493 e. The molecule has 0 aliphatic carbocycles. The molecule has 3 unspecified atom stereocenters. The van der Waals surface area contributed by atoms with E-state index in [9.17, 15) is 4.79 Å². The first-order chi connectivity index (χ1) is 13.8. The maximum absolute atomic E-state index is 12.1. The van der Waals surface area contributed by atoms with Crippen molar-refractivity contribution in [3.05, 3.63) is 29.8 Å². The maximum atomic E-state index is 12.1. The number of hydrogen-bond donors (Lipinski definition) is 2. The van der Waals surface area contributed by atoms with E-state index in [1.54, 1.807) is 19.0 Å². The summed E-state index contributed by atoms with van der Waals surface area (Å²) in [4.78, 5) is 20.8. The number of likely N-dealkylation sites (N-methyl/N-ethyl adjacent to an activating group) is 1. The van der Waals surface area contributed by atoms with Crippen molar-refractivity contribution in [2.75, 3.05) is 40.3 Å². The van der Waals surface area contributed by atoms with Gasteiger partial charge in [-0.25, -0.2) is 4.99 Å². The van der Waals surface area contributed by atoms with E-state index in [-0.39, 0.29) is 42.5 Å². The van der Waals surface area contributed by atoms with Gasteiger partial charge in [-0.3, -0.25) is 9.69 Å². The van der Waals surface area contributed by atoms with Gasteiger partial charge in [0.25, 0.3) is 0 Å². The number of rotatable bonds is 5. The number of para-hydroxylation sites is 1. The molecule has 0 spiro atoms. The highest BCUT2D eigenvalue weighted by Crippen LogP contribution is 2.31. The van der Waals surface area contributed by atoms with E-state index in [2.05, 4.69) is 47.4 Å². The zero-order valence-corrected chi connectivity index (χ0v) is 21.1. The second-order valence-corrected chi connectivity index (χ2v) is 8.60. The fourth-order valence-electron chi connectivity index (χ4n) is 3.87. The first-order valence-electron chi connectivity index (χ1n) is 10.6. The second-order valence-electron chi connectivity index (χ2n) is 8.60. The summed E-state index contributed by atoms with van der Waals surface area (Å²) in [5, 5.41) is 7.18. The molecule has 0 aromatic heterocycles. The number of amides is 1. The number of likely N-dealkylation sites (tertiary alicyclic amines) is 1. The summed E-state index contributed by atoms with van der Waals surface area (Å²) in [5.74, 6) is 2.11.